The Labute approximate surface area is 167 Å². The predicted octanol–water partition coefficient (Wildman–Crippen LogP) is 5.70. The normalized spacial score (nSPS) is 11.2. The molecule has 3 aromatic heterocycles. The van der Waals surface area contributed by atoms with Gasteiger partial charge in [-0.25, -0.2) is 14.4 Å². The van der Waals surface area contributed by atoms with Gasteiger partial charge in [-0.3, -0.25) is 0 Å². The molecule has 3 heterocycles. The van der Waals surface area contributed by atoms with Crippen molar-refractivity contribution in [2.75, 3.05) is 0 Å². The van der Waals surface area contributed by atoms with Crippen LogP contribution in [-0.4, -0.2) is 20.2 Å². The molecule has 0 bridgehead atoms. The highest BCUT2D eigenvalue weighted by molar-refractivity contribution is 7.99. The van der Waals surface area contributed by atoms with Crippen molar-refractivity contribution < 1.29 is 8.81 Å². The average Bonchev–Trinajstić information content (AvgIpc) is 3.37. The quantitative estimate of drug-likeness (QED) is 0.357. The van der Waals surface area contributed by atoms with Crippen molar-refractivity contribution in [1.29, 1.82) is 0 Å². The minimum absolute atomic E-state index is 0.312. The third-order valence-corrected chi connectivity index (χ3v) is 5.98. The highest BCUT2D eigenvalue weighted by Gasteiger charge is 2.15. The van der Waals surface area contributed by atoms with Crippen LogP contribution in [0.5, 0.6) is 0 Å². The van der Waals surface area contributed by atoms with Gasteiger partial charge in [-0.2, -0.15) is 0 Å². The second-order valence-corrected chi connectivity index (χ2v) is 7.83. The maximum absolute atomic E-state index is 13.1. The Morgan fingerprint density at radius 1 is 0.893 bits per heavy atom. The highest BCUT2D eigenvalue weighted by Crippen LogP contribution is 2.38. The van der Waals surface area contributed by atoms with Gasteiger partial charge in [0.25, 0.3) is 5.22 Å². The van der Waals surface area contributed by atoms with Crippen LogP contribution in [0.1, 0.15) is 0 Å². The average molecular weight is 406 g/mol. The summed E-state index contributed by atoms with van der Waals surface area (Å²) in [6.45, 7) is 0. The Balaban J connectivity index is 1.47. The van der Waals surface area contributed by atoms with Crippen molar-refractivity contribution in [3.05, 3.63) is 72.8 Å². The summed E-state index contributed by atoms with van der Waals surface area (Å²) in [5.41, 5.74) is 1.80. The lowest BCUT2D eigenvalue weighted by atomic mass is 10.2. The summed E-state index contributed by atoms with van der Waals surface area (Å²) < 4.78 is 18.8. The van der Waals surface area contributed by atoms with Crippen LogP contribution >= 0.6 is 23.1 Å². The molecule has 5 nitrogen and oxygen atoms in total. The summed E-state index contributed by atoms with van der Waals surface area (Å²) >= 11 is 2.90. The number of fused-ring (bicyclic) bond motifs is 1. The molecule has 0 fully saturated rings. The van der Waals surface area contributed by atoms with Crippen molar-refractivity contribution in [1.82, 2.24) is 20.2 Å². The molecule has 28 heavy (non-hydrogen) atoms. The summed E-state index contributed by atoms with van der Waals surface area (Å²) in [4.78, 5) is 10.8. The molecule has 0 unspecified atom stereocenters. The van der Waals surface area contributed by atoms with Gasteiger partial charge in [-0.15, -0.1) is 21.5 Å². The van der Waals surface area contributed by atoms with Crippen molar-refractivity contribution in [3.8, 4) is 21.9 Å². The fourth-order valence-corrected chi connectivity index (χ4v) is 4.50. The van der Waals surface area contributed by atoms with Gasteiger partial charge >= 0.3 is 0 Å². The maximum atomic E-state index is 13.1. The molecule has 0 aliphatic carbocycles. The SMILES string of the molecule is Fc1ccc(-c2nnc(Sc3ncnc4sc(-c5ccccc5)cc34)o2)cc1. The van der Waals surface area contributed by atoms with Gasteiger partial charge in [-0.1, -0.05) is 30.3 Å². The first-order chi connectivity index (χ1) is 13.8. The Hall–Kier alpha value is -3.10. The number of benzene rings is 2. The van der Waals surface area contributed by atoms with Gasteiger partial charge in [0.2, 0.25) is 5.89 Å². The Bertz CT molecular complexity index is 1250. The smallest absolute Gasteiger partial charge is 0.283 e. The van der Waals surface area contributed by atoms with Crippen LogP contribution in [0.4, 0.5) is 4.39 Å². The lowest BCUT2D eigenvalue weighted by Crippen LogP contribution is -1.83. The number of aromatic nitrogens is 4. The highest BCUT2D eigenvalue weighted by atomic mass is 32.2. The number of halogens is 1. The topological polar surface area (TPSA) is 64.7 Å². The van der Waals surface area contributed by atoms with Crippen LogP contribution in [-0.2, 0) is 0 Å². The van der Waals surface area contributed by atoms with E-state index in [1.54, 1.807) is 23.5 Å². The molecule has 0 aliphatic rings. The molecular weight excluding hydrogens is 395 g/mol. The molecule has 0 saturated heterocycles. The second kappa shape index (κ2) is 7.14. The first-order valence-electron chi connectivity index (χ1n) is 8.33. The molecule has 0 amide bonds. The van der Waals surface area contributed by atoms with Crippen LogP contribution in [0, 0.1) is 5.82 Å². The Morgan fingerprint density at radius 2 is 1.71 bits per heavy atom. The fraction of sp³-hybridized carbons (Fsp3) is 0. The minimum atomic E-state index is -0.312. The van der Waals surface area contributed by atoms with E-state index in [1.165, 1.54) is 30.2 Å². The van der Waals surface area contributed by atoms with Gasteiger partial charge in [0.1, 0.15) is 22.0 Å². The van der Waals surface area contributed by atoms with Crippen molar-refractivity contribution in [2.45, 2.75) is 10.2 Å². The zero-order chi connectivity index (χ0) is 18.9. The van der Waals surface area contributed by atoms with Gasteiger partial charge in [0, 0.05) is 15.8 Å². The molecule has 2 aromatic carbocycles. The standard InChI is InChI=1S/C20H11FN4OS2/c21-14-8-6-13(7-9-14)17-24-25-20(26-17)28-19-15-10-16(12-4-2-1-3-5-12)27-18(15)22-11-23-19/h1-11H. The summed E-state index contributed by atoms with van der Waals surface area (Å²) in [5, 5.41) is 10.2. The molecule has 8 heteroatoms. The molecule has 5 rings (SSSR count). The predicted molar refractivity (Wildman–Crippen MR) is 107 cm³/mol. The van der Waals surface area contributed by atoms with Gasteiger partial charge in [0.15, 0.2) is 0 Å². The first-order valence-corrected chi connectivity index (χ1v) is 9.97. The van der Waals surface area contributed by atoms with Gasteiger partial charge in [0.05, 0.1) is 0 Å². The monoisotopic (exact) mass is 406 g/mol. The number of rotatable bonds is 4. The van der Waals surface area contributed by atoms with Crippen LogP contribution in [0.25, 0.3) is 32.1 Å². The van der Waals surface area contributed by atoms with E-state index >= 15 is 0 Å². The molecule has 136 valence electrons. The van der Waals surface area contributed by atoms with E-state index in [-0.39, 0.29) is 5.82 Å². The largest absolute Gasteiger partial charge is 0.411 e. The zero-order valence-corrected chi connectivity index (χ0v) is 15.9. The molecule has 0 aliphatic heterocycles. The number of nitrogens with zero attached hydrogens (tertiary/aromatic N) is 4. The van der Waals surface area contributed by atoms with E-state index in [2.05, 4.69) is 38.4 Å². The van der Waals surface area contributed by atoms with E-state index in [1.807, 2.05) is 18.2 Å². The number of hydrogen-bond donors (Lipinski definition) is 0. The first kappa shape index (κ1) is 17.0. The molecule has 0 saturated carbocycles. The summed E-state index contributed by atoms with van der Waals surface area (Å²) in [5.74, 6) is 0.0241. The third-order valence-electron chi connectivity index (χ3n) is 4.03. The molecule has 0 radical (unpaired) electrons. The number of hydrogen-bond acceptors (Lipinski definition) is 7. The number of thiophene rings is 1. The van der Waals surface area contributed by atoms with E-state index in [9.17, 15) is 4.39 Å². The maximum Gasteiger partial charge on any atom is 0.283 e. The molecule has 0 N–H and O–H groups in total. The van der Waals surface area contributed by atoms with E-state index in [0.29, 0.717) is 16.7 Å². The molecule has 5 aromatic rings. The third kappa shape index (κ3) is 3.28. The summed E-state index contributed by atoms with van der Waals surface area (Å²) in [6, 6.07) is 18.1. The van der Waals surface area contributed by atoms with Crippen molar-refractivity contribution >= 4 is 33.3 Å². The summed E-state index contributed by atoms with van der Waals surface area (Å²) in [7, 11) is 0. The van der Waals surface area contributed by atoms with E-state index in [0.717, 1.165) is 25.7 Å². The zero-order valence-electron chi connectivity index (χ0n) is 14.2. The van der Waals surface area contributed by atoms with Crippen molar-refractivity contribution in [3.63, 3.8) is 0 Å². The molecule has 0 atom stereocenters. The second-order valence-electron chi connectivity index (χ2n) is 5.86. The Morgan fingerprint density at radius 3 is 2.54 bits per heavy atom. The van der Waals surface area contributed by atoms with Crippen LogP contribution in [0.3, 0.4) is 0 Å². The van der Waals surface area contributed by atoms with Crippen molar-refractivity contribution in [2.24, 2.45) is 0 Å². The van der Waals surface area contributed by atoms with Crippen LogP contribution in [0.2, 0.25) is 0 Å². The van der Waals surface area contributed by atoms with Crippen LogP contribution < -0.4 is 0 Å². The van der Waals surface area contributed by atoms with Crippen LogP contribution in [0.15, 0.2) is 81.7 Å². The Kier molecular flexibility index (Phi) is 4.34. The minimum Gasteiger partial charge on any atom is -0.411 e. The molecular formula is C20H11FN4OS2. The molecule has 0 spiro atoms. The fourth-order valence-electron chi connectivity index (χ4n) is 2.70. The van der Waals surface area contributed by atoms with E-state index < -0.39 is 0 Å². The van der Waals surface area contributed by atoms with Gasteiger partial charge < -0.3 is 4.42 Å². The lowest BCUT2D eigenvalue weighted by Gasteiger charge is -1.97. The lowest BCUT2D eigenvalue weighted by molar-refractivity contribution is 0.465. The van der Waals surface area contributed by atoms with Gasteiger partial charge in [-0.05, 0) is 47.7 Å². The summed E-state index contributed by atoms with van der Waals surface area (Å²) in [6.07, 6.45) is 1.53. The van der Waals surface area contributed by atoms with E-state index in [4.69, 9.17) is 4.42 Å².